The van der Waals surface area contributed by atoms with E-state index in [1.54, 1.807) is 24.5 Å². The zero-order valence-electron chi connectivity index (χ0n) is 16.1. The average molecular weight is 412 g/mol. The first kappa shape index (κ1) is 20.0. The van der Waals surface area contributed by atoms with Crippen LogP contribution in [0.2, 0.25) is 0 Å². The molecule has 0 fully saturated rings. The molecule has 1 N–H and O–H groups in total. The first-order valence-corrected chi connectivity index (χ1v) is 9.46. The molecule has 3 aromatic carbocycles. The van der Waals surface area contributed by atoms with Crippen molar-refractivity contribution in [2.45, 2.75) is 25.8 Å². The number of aliphatic hydroxyl groups excluding tert-OH is 1. The van der Waals surface area contributed by atoms with Crippen LogP contribution in [-0.4, -0.2) is 27.1 Å². The van der Waals surface area contributed by atoms with Crippen LogP contribution in [0.5, 0.6) is 5.75 Å². The van der Waals surface area contributed by atoms with Crippen LogP contribution in [0.25, 0.3) is 33.6 Å². The predicted octanol–water partition coefficient (Wildman–Crippen LogP) is 5.86. The molecule has 0 radical (unpaired) electrons. The number of nitrogens with zero attached hydrogens (tertiary/aromatic N) is 2. The number of aromatic nitrogens is 2. The summed E-state index contributed by atoms with van der Waals surface area (Å²) in [6.07, 6.45) is 0.777. The molecule has 0 amide bonds. The third-order valence-corrected chi connectivity index (χ3v) is 4.83. The van der Waals surface area contributed by atoms with Crippen molar-refractivity contribution in [2.75, 3.05) is 0 Å². The molecule has 0 saturated carbocycles. The second kappa shape index (κ2) is 7.84. The molecule has 0 bridgehead atoms. The van der Waals surface area contributed by atoms with Crippen LogP contribution in [0.1, 0.15) is 18.9 Å². The van der Waals surface area contributed by atoms with Crippen LogP contribution in [0, 0.1) is 0 Å². The van der Waals surface area contributed by atoms with Crippen LogP contribution in [0.4, 0.5) is 13.2 Å². The molecule has 4 aromatic rings. The van der Waals surface area contributed by atoms with Gasteiger partial charge in [0.1, 0.15) is 12.1 Å². The highest BCUT2D eigenvalue weighted by atomic mass is 19.4. The number of rotatable bonds is 5. The molecule has 0 aliphatic carbocycles. The van der Waals surface area contributed by atoms with Crippen LogP contribution >= 0.6 is 0 Å². The van der Waals surface area contributed by atoms with Gasteiger partial charge in [0.15, 0.2) is 0 Å². The van der Waals surface area contributed by atoms with Crippen LogP contribution < -0.4 is 4.74 Å². The van der Waals surface area contributed by atoms with Crippen LogP contribution in [0.15, 0.2) is 67.0 Å². The van der Waals surface area contributed by atoms with E-state index in [4.69, 9.17) is 0 Å². The molecule has 4 nitrogen and oxygen atoms in total. The Hall–Kier alpha value is -3.32. The number of aliphatic hydroxyl groups is 1. The van der Waals surface area contributed by atoms with Gasteiger partial charge < -0.3 is 9.84 Å². The number of benzene rings is 3. The standard InChI is InChI=1S/C23H19F3N2O2/c1-2-18(29)8-3-15-4-11-20-16(13-15)5-12-21-22(20)27-14-28(21)17-6-9-19(10-7-17)30-23(24,25)26/h3-14,18,29H,2H2,1H3/b8-3+. The summed E-state index contributed by atoms with van der Waals surface area (Å²) < 4.78 is 42.8. The van der Waals surface area contributed by atoms with E-state index in [0.717, 1.165) is 27.4 Å². The normalized spacial score (nSPS) is 13.4. The summed E-state index contributed by atoms with van der Waals surface area (Å²) in [5.41, 5.74) is 3.30. The van der Waals surface area contributed by atoms with Crippen molar-refractivity contribution in [3.8, 4) is 11.4 Å². The fourth-order valence-electron chi connectivity index (χ4n) is 3.30. The monoisotopic (exact) mass is 412 g/mol. The minimum Gasteiger partial charge on any atom is -0.406 e. The summed E-state index contributed by atoms with van der Waals surface area (Å²) >= 11 is 0. The molecule has 1 atom stereocenters. The summed E-state index contributed by atoms with van der Waals surface area (Å²) in [5.74, 6) is -0.269. The smallest absolute Gasteiger partial charge is 0.406 e. The highest BCUT2D eigenvalue weighted by molar-refractivity contribution is 6.05. The SMILES string of the molecule is CCC(O)/C=C/c1ccc2c(ccc3c2ncn3-c2ccc(OC(F)(F)F)cc2)c1. The maximum Gasteiger partial charge on any atom is 0.573 e. The van der Waals surface area contributed by atoms with Gasteiger partial charge in [-0.3, -0.25) is 4.57 Å². The van der Waals surface area contributed by atoms with E-state index in [9.17, 15) is 18.3 Å². The highest BCUT2D eigenvalue weighted by Gasteiger charge is 2.31. The third-order valence-electron chi connectivity index (χ3n) is 4.83. The summed E-state index contributed by atoms with van der Waals surface area (Å²) in [7, 11) is 0. The number of ether oxygens (including phenoxy) is 1. The van der Waals surface area contributed by atoms with Gasteiger partial charge in [0.05, 0.1) is 17.1 Å². The molecule has 4 rings (SSSR count). The lowest BCUT2D eigenvalue weighted by atomic mass is 10.0. The number of halogens is 3. The summed E-state index contributed by atoms with van der Waals surface area (Å²) in [4.78, 5) is 4.52. The van der Waals surface area contributed by atoms with E-state index in [2.05, 4.69) is 9.72 Å². The topological polar surface area (TPSA) is 47.3 Å². The summed E-state index contributed by atoms with van der Waals surface area (Å²) in [6, 6.07) is 15.5. The third kappa shape index (κ3) is 4.16. The number of imidazole rings is 1. The lowest BCUT2D eigenvalue weighted by Crippen LogP contribution is -2.17. The minimum atomic E-state index is -4.72. The number of alkyl halides is 3. The van der Waals surface area contributed by atoms with Crippen LogP contribution in [-0.2, 0) is 0 Å². The van der Waals surface area contributed by atoms with E-state index in [1.165, 1.54) is 12.1 Å². The van der Waals surface area contributed by atoms with Crippen molar-refractivity contribution in [2.24, 2.45) is 0 Å². The van der Waals surface area contributed by atoms with Gasteiger partial charge in [0.25, 0.3) is 0 Å². The molecule has 0 aliphatic rings. The first-order chi connectivity index (χ1) is 14.3. The Balaban J connectivity index is 1.68. The molecule has 154 valence electrons. The molecule has 1 aromatic heterocycles. The maximum absolute atomic E-state index is 12.4. The fraction of sp³-hybridized carbons (Fsp3) is 0.174. The molecular weight excluding hydrogens is 393 g/mol. The van der Waals surface area contributed by atoms with Gasteiger partial charge in [0, 0.05) is 11.1 Å². The van der Waals surface area contributed by atoms with E-state index >= 15 is 0 Å². The van der Waals surface area contributed by atoms with Crippen LogP contribution in [0.3, 0.4) is 0 Å². The number of hydrogen-bond donors (Lipinski definition) is 1. The van der Waals surface area contributed by atoms with Gasteiger partial charge in [0.2, 0.25) is 0 Å². The second-order valence-electron chi connectivity index (χ2n) is 6.90. The first-order valence-electron chi connectivity index (χ1n) is 9.46. The average Bonchev–Trinajstić information content (AvgIpc) is 3.15. The van der Waals surface area contributed by atoms with Crippen molar-refractivity contribution < 1.29 is 23.0 Å². The minimum absolute atomic E-state index is 0.269. The van der Waals surface area contributed by atoms with E-state index in [0.29, 0.717) is 12.1 Å². The zero-order valence-corrected chi connectivity index (χ0v) is 16.1. The van der Waals surface area contributed by atoms with Gasteiger partial charge in [-0.2, -0.15) is 0 Å². The number of fused-ring (bicyclic) bond motifs is 3. The maximum atomic E-state index is 12.4. The Bertz CT molecular complexity index is 1210. The molecular formula is C23H19F3N2O2. The molecule has 0 spiro atoms. The highest BCUT2D eigenvalue weighted by Crippen LogP contribution is 2.29. The van der Waals surface area contributed by atoms with Gasteiger partial charge in [-0.05, 0) is 53.8 Å². The number of hydrogen-bond acceptors (Lipinski definition) is 3. The predicted molar refractivity (Wildman–Crippen MR) is 111 cm³/mol. The van der Waals surface area contributed by atoms with Gasteiger partial charge >= 0.3 is 6.36 Å². The Morgan fingerprint density at radius 2 is 1.87 bits per heavy atom. The molecule has 0 aliphatic heterocycles. The molecule has 1 heterocycles. The molecule has 7 heteroatoms. The molecule has 30 heavy (non-hydrogen) atoms. The van der Waals surface area contributed by atoms with Crippen molar-refractivity contribution >= 4 is 27.9 Å². The molecule has 1 unspecified atom stereocenters. The van der Waals surface area contributed by atoms with Crippen molar-refractivity contribution in [1.29, 1.82) is 0 Å². The Kier molecular flexibility index (Phi) is 5.22. The lowest BCUT2D eigenvalue weighted by molar-refractivity contribution is -0.274. The Morgan fingerprint density at radius 1 is 1.10 bits per heavy atom. The van der Waals surface area contributed by atoms with E-state index in [-0.39, 0.29) is 5.75 Å². The zero-order chi connectivity index (χ0) is 21.3. The van der Waals surface area contributed by atoms with E-state index in [1.807, 2.05) is 47.9 Å². The van der Waals surface area contributed by atoms with Crippen molar-refractivity contribution in [3.05, 3.63) is 72.6 Å². The van der Waals surface area contributed by atoms with Gasteiger partial charge in [-0.25, -0.2) is 4.98 Å². The molecule has 0 saturated heterocycles. The Morgan fingerprint density at radius 3 is 2.57 bits per heavy atom. The lowest BCUT2D eigenvalue weighted by Gasteiger charge is -2.10. The Labute approximate surface area is 170 Å². The van der Waals surface area contributed by atoms with Gasteiger partial charge in [-0.15, -0.1) is 13.2 Å². The largest absolute Gasteiger partial charge is 0.573 e. The van der Waals surface area contributed by atoms with Crippen molar-refractivity contribution in [1.82, 2.24) is 9.55 Å². The fourth-order valence-corrected chi connectivity index (χ4v) is 3.30. The van der Waals surface area contributed by atoms with Crippen molar-refractivity contribution in [3.63, 3.8) is 0 Å². The summed E-state index contributed by atoms with van der Waals surface area (Å²) in [6.45, 7) is 1.92. The summed E-state index contributed by atoms with van der Waals surface area (Å²) in [5, 5.41) is 11.7. The quantitative estimate of drug-likeness (QED) is 0.447. The second-order valence-corrected chi connectivity index (χ2v) is 6.90. The van der Waals surface area contributed by atoms with E-state index < -0.39 is 12.5 Å². The van der Waals surface area contributed by atoms with Gasteiger partial charge in [-0.1, -0.05) is 37.3 Å².